The van der Waals surface area contributed by atoms with Gasteiger partial charge < -0.3 is 19.7 Å². The molecule has 1 N–H and O–H groups in total. The third-order valence-corrected chi connectivity index (χ3v) is 4.42. The van der Waals surface area contributed by atoms with Crippen LogP contribution in [-0.4, -0.2) is 89.0 Å². The summed E-state index contributed by atoms with van der Waals surface area (Å²) < 4.78 is 10.8. The highest BCUT2D eigenvalue weighted by Crippen LogP contribution is 2.13. The number of hydrogen-bond donors (Lipinski definition) is 1. The second-order valence-corrected chi connectivity index (χ2v) is 6.25. The first-order chi connectivity index (χ1) is 10.8. The van der Waals surface area contributed by atoms with E-state index in [4.69, 9.17) is 9.47 Å². The number of morpholine rings is 1. The van der Waals surface area contributed by atoms with Gasteiger partial charge in [0.15, 0.2) is 5.96 Å². The first kappa shape index (κ1) is 17.5. The lowest BCUT2D eigenvalue weighted by Gasteiger charge is -2.27. The molecule has 2 rings (SSSR count). The molecule has 2 heterocycles. The van der Waals surface area contributed by atoms with Crippen LogP contribution in [0.2, 0.25) is 0 Å². The van der Waals surface area contributed by atoms with E-state index in [1.807, 2.05) is 7.05 Å². The lowest BCUT2D eigenvalue weighted by atomic mass is 10.1. The van der Waals surface area contributed by atoms with Crippen molar-refractivity contribution in [3.05, 3.63) is 0 Å². The van der Waals surface area contributed by atoms with Crippen molar-refractivity contribution in [2.45, 2.75) is 19.3 Å². The van der Waals surface area contributed by atoms with Crippen LogP contribution in [0.3, 0.4) is 0 Å². The minimum absolute atomic E-state index is 0.643. The smallest absolute Gasteiger partial charge is 0.193 e. The Hall–Kier alpha value is -0.850. The molecule has 2 saturated heterocycles. The van der Waals surface area contributed by atoms with Gasteiger partial charge in [0.05, 0.1) is 19.8 Å². The predicted molar refractivity (Wildman–Crippen MR) is 89.4 cm³/mol. The molecule has 2 aliphatic heterocycles. The molecule has 0 radical (unpaired) electrons. The maximum Gasteiger partial charge on any atom is 0.193 e. The molecule has 0 spiro atoms. The average molecular weight is 312 g/mol. The van der Waals surface area contributed by atoms with Crippen molar-refractivity contribution in [3.63, 3.8) is 0 Å². The average Bonchev–Trinajstić information content (AvgIpc) is 3.04. The van der Waals surface area contributed by atoms with Crippen LogP contribution in [0, 0.1) is 5.92 Å². The zero-order chi connectivity index (χ0) is 15.6. The highest BCUT2D eigenvalue weighted by Gasteiger charge is 2.18. The van der Waals surface area contributed by atoms with Gasteiger partial charge in [-0.05, 0) is 25.8 Å². The summed E-state index contributed by atoms with van der Waals surface area (Å²) >= 11 is 0. The number of rotatable bonds is 7. The monoisotopic (exact) mass is 312 g/mol. The summed E-state index contributed by atoms with van der Waals surface area (Å²) in [5, 5.41) is 3.47. The summed E-state index contributed by atoms with van der Waals surface area (Å²) in [6.45, 7) is 8.94. The first-order valence-corrected chi connectivity index (χ1v) is 8.59. The molecule has 0 aromatic heterocycles. The highest BCUT2D eigenvalue weighted by atomic mass is 16.5. The van der Waals surface area contributed by atoms with Crippen molar-refractivity contribution in [2.24, 2.45) is 10.9 Å². The van der Waals surface area contributed by atoms with E-state index in [1.165, 1.54) is 25.8 Å². The maximum atomic E-state index is 5.44. The number of unbranched alkanes of at least 4 members (excludes halogenated alkanes) is 1. The van der Waals surface area contributed by atoms with Crippen molar-refractivity contribution in [1.29, 1.82) is 0 Å². The van der Waals surface area contributed by atoms with Gasteiger partial charge in [-0.3, -0.25) is 9.89 Å². The van der Waals surface area contributed by atoms with E-state index < -0.39 is 0 Å². The second-order valence-electron chi connectivity index (χ2n) is 6.25. The Morgan fingerprint density at radius 1 is 1.23 bits per heavy atom. The fourth-order valence-corrected chi connectivity index (χ4v) is 3.07. The molecule has 0 amide bonds. The third-order valence-electron chi connectivity index (χ3n) is 4.42. The topological polar surface area (TPSA) is 49.3 Å². The standard InChI is InChI=1S/C16H32N4O2/c1-17-16(19(2)13-15-5-10-22-14-15)18-6-3-4-7-20-8-11-21-12-9-20/h15H,3-14H2,1-2H3,(H,17,18). The van der Waals surface area contributed by atoms with Gasteiger partial charge >= 0.3 is 0 Å². The van der Waals surface area contributed by atoms with Gasteiger partial charge in [0.1, 0.15) is 0 Å². The normalized spacial score (nSPS) is 23.7. The molecule has 0 aliphatic carbocycles. The fourth-order valence-electron chi connectivity index (χ4n) is 3.07. The first-order valence-electron chi connectivity index (χ1n) is 8.59. The van der Waals surface area contributed by atoms with Crippen LogP contribution < -0.4 is 5.32 Å². The molecule has 6 nitrogen and oxygen atoms in total. The quantitative estimate of drug-likeness (QED) is 0.425. The van der Waals surface area contributed by atoms with Crippen LogP contribution in [-0.2, 0) is 9.47 Å². The zero-order valence-corrected chi connectivity index (χ0v) is 14.2. The van der Waals surface area contributed by atoms with Gasteiger partial charge in [-0.2, -0.15) is 0 Å². The SMILES string of the molecule is CN=C(NCCCCN1CCOCC1)N(C)CC1CCOC1. The molecule has 1 unspecified atom stereocenters. The molecule has 0 bridgehead atoms. The summed E-state index contributed by atoms with van der Waals surface area (Å²) in [5.74, 6) is 1.64. The van der Waals surface area contributed by atoms with E-state index in [0.717, 1.165) is 58.6 Å². The molecular weight excluding hydrogens is 280 g/mol. The largest absolute Gasteiger partial charge is 0.381 e. The molecule has 0 aromatic rings. The molecule has 0 saturated carbocycles. The lowest BCUT2D eigenvalue weighted by Crippen LogP contribution is -2.42. The predicted octanol–water partition coefficient (Wildman–Crippen LogP) is 0.643. The van der Waals surface area contributed by atoms with Gasteiger partial charge in [-0.1, -0.05) is 0 Å². The van der Waals surface area contributed by atoms with Crippen LogP contribution in [0.5, 0.6) is 0 Å². The Labute approximate surface area is 134 Å². The second kappa shape index (κ2) is 10.0. The van der Waals surface area contributed by atoms with Crippen LogP contribution in [0.25, 0.3) is 0 Å². The Morgan fingerprint density at radius 2 is 2.05 bits per heavy atom. The van der Waals surface area contributed by atoms with Crippen LogP contribution >= 0.6 is 0 Å². The van der Waals surface area contributed by atoms with Crippen LogP contribution in [0.1, 0.15) is 19.3 Å². The summed E-state index contributed by atoms with van der Waals surface area (Å²) in [5.41, 5.74) is 0. The molecule has 2 fully saturated rings. The maximum absolute atomic E-state index is 5.44. The molecule has 128 valence electrons. The Kier molecular flexibility index (Phi) is 7.98. The number of nitrogens with zero attached hydrogens (tertiary/aromatic N) is 3. The molecule has 0 aromatic carbocycles. The minimum atomic E-state index is 0.643. The van der Waals surface area contributed by atoms with Crippen LogP contribution in [0.15, 0.2) is 4.99 Å². The van der Waals surface area contributed by atoms with Crippen molar-refractivity contribution in [3.8, 4) is 0 Å². The van der Waals surface area contributed by atoms with Crippen LogP contribution in [0.4, 0.5) is 0 Å². The van der Waals surface area contributed by atoms with Gasteiger partial charge in [-0.25, -0.2) is 0 Å². The highest BCUT2D eigenvalue weighted by molar-refractivity contribution is 5.79. The summed E-state index contributed by atoms with van der Waals surface area (Å²) in [4.78, 5) is 9.10. The van der Waals surface area contributed by atoms with Crippen molar-refractivity contribution < 1.29 is 9.47 Å². The number of ether oxygens (including phenoxy) is 2. The van der Waals surface area contributed by atoms with E-state index in [1.54, 1.807) is 0 Å². The van der Waals surface area contributed by atoms with Gasteiger partial charge in [0.2, 0.25) is 0 Å². The Morgan fingerprint density at radius 3 is 2.73 bits per heavy atom. The number of hydrogen-bond acceptors (Lipinski definition) is 4. The van der Waals surface area contributed by atoms with E-state index in [9.17, 15) is 0 Å². The van der Waals surface area contributed by atoms with Gasteiger partial charge in [0, 0.05) is 52.8 Å². The number of aliphatic imine (C=N–C) groups is 1. The summed E-state index contributed by atoms with van der Waals surface area (Å²) in [6, 6.07) is 0. The Bertz CT molecular complexity index is 326. The molecule has 22 heavy (non-hydrogen) atoms. The summed E-state index contributed by atoms with van der Waals surface area (Å²) in [6.07, 6.45) is 3.57. The van der Waals surface area contributed by atoms with Gasteiger partial charge in [0.25, 0.3) is 0 Å². The zero-order valence-electron chi connectivity index (χ0n) is 14.2. The summed E-state index contributed by atoms with van der Waals surface area (Å²) in [7, 11) is 3.97. The van der Waals surface area contributed by atoms with Crippen molar-refractivity contribution >= 4 is 5.96 Å². The number of guanidine groups is 1. The molecular formula is C16H32N4O2. The third kappa shape index (κ3) is 6.10. The fraction of sp³-hybridized carbons (Fsp3) is 0.938. The minimum Gasteiger partial charge on any atom is -0.381 e. The molecule has 6 heteroatoms. The van der Waals surface area contributed by atoms with Gasteiger partial charge in [-0.15, -0.1) is 0 Å². The van der Waals surface area contributed by atoms with Crippen molar-refractivity contribution in [2.75, 3.05) is 73.2 Å². The Balaban J connectivity index is 1.55. The number of nitrogens with one attached hydrogen (secondary N) is 1. The van der Waals surface area contributed by atoms with E-state index in [-0.39, 0.29) is 0 Å². The lowest BCUT2D eigenvalue weighted by molar-refractivity contribution is 0.0372. The van der Waals surface area contributed by atoms with Crippen molar-refractivity contribution in [1.82, 2.24) is 15.1 Å². The molecule has 2 aliphatic rings. The van der Waals surface area contributed by atoms with E-state index in [2.05, 4.69) is 27.2 Å². The molecule has 1 atom stereocenters. The van der Waals surface area contributed by atoms with E-state index in [0.29, 0.717) is 5.92 Å². The van der Waals surface area contributed by atoms with E-state index >= 15 is 0 Å².